The molecule has 0 bridgehead atoms. The average molecular weight is 351 g/mol. The number of thioether (sulfide) groups is 1. The van der Waals surface area contributed by atoms with E-state index >= 15 is 0 Å². The van der Waals surface area contributed by atoms with Crippen LogP contribution in [-0.4, -0.2) is 38.6 Å². The van der Waals surface area contributed by atoms with Gasteiger partial charge in [-0.05, 0) is 31.2 Å². The molecule has 0 saturated heterocycles. The van der Waals surface area contributed by atoms with Gasteiger partial charge >= 0.3 is 0 Å². The Hall–Kier alpha value is -0.0800. The van der Waals surface area contributed by atoms with Crippen LogP contribution in [0.2, 0.25) is 0 Å². The molecule has 0 saturated carbocycles. The molecule has 4 nitrogen and oxygen atoms in total. The molecule has 0 spiro atoms. The molecule has 2 N–H and O–H groups in total. The molecule has 0 amide bonds. The highest BCUT2D eigenvalue weighted by atomic mass is 32.2. The average Bonchev–Trinajstić information content (AvgIpc) is 2.85. The normalized spacial score (nSPS) is 13.8. The maximum absolute atomic E-state index is 12.3. The van der Waals surface area contributed by atoms with Gasteiger partial charge in [-0.1, -0.05) is 20.8 Å². The van der Waals surface area contributed by atoms with Gasteiger partial charge in [-0.15, -0.1) is 11.3 Å². The zero-order valence-electron chi connectivity index (χ0n) is 13.2. The van der Waals surface area contributed by atoms with Gasteiger partial charge in [0.15, 0.2) is 0 Å². The van der Waals surface area contributed by atoms with E-state index < -0.39 is 10.0 Å². The molecule has 1 atom stereocenters. The van der Waals surface area contributed by atoms with Crippen molar-refractivity contribution in [2.24, 2.45) is 0 Å². The van der Waals surface area contributed by atoms with Crippen LogP contribution in [-0.2, 0) is 16.4 Å². The van der Waals surface area contributed by atoms with Crippen LogP contribution < -0.4 is 10.0 Å². The van der Waals surface area contributed by atoms with Crippen LogP contribution in [0, 0.1) is 0 Å². The molecule has 1 rings (SSSR count). The fourth-order valence-corrected chi connectivity index (χ4v) is 5.17. The molecule has 122 valence electrons. The van der Waals surface area contributed by atoms with Gasteiger partial charge in [-0.25, -0.2) is 13.1 Å². The summed E-state index contributed by atoms with van der Waals surface area (Å²) < 4.78 is 27.7. The molecule has 0 aliphatic carbocycles. The Labute approximate surface area is 137 Å². The van der Waals surface area contributed by atoms with E-state index in [4.69, 9.17) is 0 Å². The van der Waals surface area contributed by atoms with Gasteiger partial charge in [0.25, 0.3) is 0 Å². The number of rotatable bonds is 10. The Bertz CT molecular complexity index is 512. The van der Waals surface area contributed by atoms with Crippen molar-refractivity contribution in [1.82, 2.24) is 10.0 Å². The minimum absolute atomic E-state index is 0.0480. The summed E-state index contributed by atoms with van der Waals surface area (Å²) in [5, 5.41) is 3.34. The number of thiophene rings is 1. The lowest BCUT2D eigenvalue weighted by atomic mass is 10.3. The highest BCUT2D eigenvalue weighted by Crippen LogP contribution is 2.22. The smallest absolute Gasteiger partial charge is 0.250 e. The first-order chi connectivity index (χ1) is 9.85. The van der Waals surface area contributed by atoms with Crippen LogP contribution >= 0.6 is 23.1 Å². The molecule has 0 radical (unpaired) electrons. The van der Waals surface area contributed by atoms with E-state index in [1.165, 1.54) is 11.3 Å². The van der Waals surface area contributed by atoms with Crippen LogP contribution in [0.15, 0.2) is 16.3 Å². The zero-order chi connectivity index (χ0) is 15.9. The number of nitrogens with one attached hydrogen (secondary N) is 2. The second-order valence-electron chi connectivity index (χ2n) is 5.26. The monoisotopic (exact) mass is 350 g/mol. The Morgan fingerprint density at radius 3 is 2.62 bits per heavy atom. The third-order valence-corrected chi connectivity index (χ3v) is 7.12. The van der Waals surface area contributed by atoms with Crippen LogP contribution in [0.25, 0.3) is 0 Å². The molecule has 0 aliphatic heterocycles. The van der Waals surface area contributed by atoms with Crippen LogP contribution in [0.3, 0.4) is 0 Å². The van der Waals surface area contributed by atoms with Gasteiger partial charge in [0, 0.05) is 29.3 Å². The van der Waals surface area contributed by atoms with Crippen molar-refractivity contribution in [3.8, 4) is 0 Å². The van der Waals surface area contributed by atoms with Crippen molar-refractivity contribution in [3.05, 3.63) is 17.0 Å². The lowest BCUT2D eigenvalue weighted by molar-refractivity contribution is 0.573. The van der Waals surface area contributed by atoms with Gasteiger partial charge in [0.05, 0.1) is 0 Å². The fourth-order valence-electron chi connectivity index (χ4n) is 1.77. The quantitative estimate of drug-likeness (QED) is 0.681. The van der Waals surface area contributed by atoms with Crippen LogP contribution in [0.4, 0.5) is 0 Å². The molecule has 0 fully saturated rings. The Morgan fingerprint density at radius 1 is 1.29 bits per heavy atom. The van der Waals surface area contributed by atoms with Crippen LogP contribution in [0.1, 0.15) is 32.6 Å². The minimum atomic E-state index is -3.38. The van der Waals surface area contributed by atoms with Crippen molar-refractivity contribution < 1.29 is 8.42 Å². The summed E-state index contributed by atoms with van der Waals surface area (Å²) in [7, 11) is -3.38. The highest BCUT2D eigenvalue weighted by molar-refractivity contribution is 7.99. The number of hydrogen-bond acceptors (Lipinski definition) is 5. The Morgan fingerprint density at radius 2 is 2.00 bits per heavy atom. The molecule has 0 aliphatic rings. The lowest BCUT2D eigenvalue weighted by Crippen LogP contribution is -2.33. The highest BCUT2D eigenvalue weighted by Gasteiger charge is 2.19. The third-order valence-electron chi connectivity index (χ3n) is 2.75. The van der Waals surface area contributed by atoms with E-state index in [1.54, 1.807) is 17.8 Å². The first-order valence-corrected chi connectivity index (χ1v) is 10.7. The molecule has 1 unspecified atom stereocenters. The van der Waals surface area contributed by atoms with Gasteiger partial charge in [0.2, 0.25) is 10.0 Å². The first-order valence-electron chi connectivity index (χ1n) is 7.27. The molecule has 1 aromatic rings. The summed E-state index contributed by atoms with van der Waals surface area (Å²) >= 11 is 3.10. The predicted molar refractivity (Wildman–Crippen MR) is 93.9 cm³/mol. The lowest BCUT2D eigenvalue weighted by Gasteiger charge is -2.12. The largest absolute Gasteiger partial charge is 0.314 e. The van der Waals surface area contributed by atoms with E-state index in [1.807, 2.05) is 13.0 Å². The minimum Gasteiger partial charge on any atom is -0.314 e. The predicted octanol–water partition coefficient (Wildman–Crippen LogP) is 2.71. The van der Waals surface area contributed by atoms with E-state index in [9.17, 15) is 8.42 Å². The third kappa shape index (κ3) is 7.15. The summed E-state index contributed by atoms with van der Waals surface area (Å²) in [6.45, 7) is 9.05. The maximum Gasteiger partial charge on any atom is 0.250 e. The van der Waals surface area contributed by atoms with Crippen molar-refractivity contribution in [3.63, 3.8) is 0 Å². The van der Waals surface area contributed by atoms with Crippen LogP contribution in [0.5, 0.6) is 0 Å². The van der Waals surface area contributed by atoms with Gasteiger partial charge in [-0.3, -0.25) is 0 Å². The van der Waals surface area contributed by atoms with Crippen molar-refractivity contribution in [1.29, 1.82) is 0 Å². The van der Waals surface area contributed by atoms with E-state index in [0.29, 0.717) is 10.3 Å². The van der Waals surface area contributed by atoms with Crippen molar-refractivity contribution in [2.45, 2.75) is 50.4 Å². The van der Waals surface area contributed by atoms with Crippen molar-refractivity contribution in [2.75, 3.05) is 18.1 Å². The standard InChI is InChI=1S/C14H26N2O2S3/c1-5-19-10-12(4)16-21(17,18)14-7-6-13(20-14)8-9-15-11(2)3/h6-7,11-12,15-16H,5,8-10H2,1-4H3. The first kappa shape index (κ1) is 19.0. The molecular formula is C14H26N2O2S3. The second-order valence-corrected chi connectivity index (χ2v) is 9.69. The summed E-state index contributed by atoms with van der Waals surface area (Å²) in [6, 6.07) is 4.02. The fraction of sp³-hybridized carbons (Fsp3) is 0.714. The molecule has 21 heavy (non-hydrogen) atoms. The van der Waals surface area contributed by atoms with Gasteiger partial charge in [-0.2, -0.15) is 11.8 Å². The topological polar surface area (TPSA) is 58.2 Å². The summed E-state index contributed by atoms with van der Waals surface area (Å²) in [6.07, 6.45) is 0.861. The summed E-state index contributed by atoms with van der Waals surface area (Å²) in [5.41, 5.74) is 0. The molecule has 0 aromatic carbocycles. The van der Waals surface area contributed by atoms with Gasteiger partial charge < -0.3 is 5.32 Å². The van der Waals surface area contributed by atoms with E-state index in [0.717, 1.165) is 29.3 Å². The maximum atomic E-state index is 12.3. The van der Waals surface area contributed by atoms with E-state index in [-0.39, 0.29) is 6.04 Å². The zero-order valence-corrected chi connectivity index (χ0v) is 15.6. The summed E-state index contributed by atoms with van der Waals surface area (Å²) in [5.74, 6) is 1.80. The molecule has 1 aromatic heterocycles. The second kappa shape index (κ2) is 9.15. The molecule has 7 heteroatoms. The number of hydrogen-bond donors (Lipinski definition) is 2. The Balaban J connectivity index is 2.57. The van der Waals surface area contributed by atoms with E-state index in [2.05, 4.69) is 30.8 Å². The SMILES string of the molecule is CCSCC(C)NS(=O)(=O)c1ccc(CCNC(C)C)s1. The molecule has 1 heterocycles. The number of sulfonamides is 1. The molecular weight excluding hydrogens is 324 g/mol. The Kier molecular flexibility index (Phi) is 8.26. The summed E-state index contributed by atoms with van der Waals surface area (Å²) in [4.78, 5) is 1.10. The van der Waals surface area contributed by atoms with Gasteiger partial charge in [0.1, 0.15) is 4.21 Å². The van der Waals surface area contributed by atoms with Crippen molar-refractivity contribution >= 4 is 33.1 Å².